The summed E-state index contributed by atoms with van der Waals surface area (Å²) in [5, 5.41) is 14.7. The topological polar surface area (TPSA) is 98.9 Å². The molecule has 1 atom stereocenters. The molecule has 0 saturated carbocycles. The van der Waals surface area contributed by atoms with Crippen LogP contribution in [0.1, 0.15) is 23.2 Å². The second-order valence-electron chi connectivity index (χ2n) is 9.22. The van der Waals surface area contributed by atoms with Crippen molar-refractivity contribution in [2.45, 2.75) is 19.7 Å². The number of benzene rings is 1. The van der Waals surface area contributed by atoms with E-state index in [-0.39, 0.29) is 12.0 Å². The molecule has 2 N–H and O–H groups in total. The first-order valence-electron chi connectivity index (χ1n) is 12.0. The van der Waals surface area contributed by atoms with Gasteiger partial charge in [-0.3, -0.25) is 24.5 Å². The highest BCUT2D eigenvalue weighted by Crippen LogP contribution is 2.33. The Balaban J connectivity index is 1.49. The minimum absolute atomic E-state index is 0.219. The SMILES string of the molecule is Cc1cnc(CNC(O)c2c(=O)c3ccc(N4CCN(C)CC4)nc3n3c2sc2ccccc23)cn1. The van der Waals surface area contributed by atoms with Crippen LogP contribution in [0.25, 0.3) is 26.1 Å². The molecule has 6 rings (SSSR count). The molecular weight excluding hydrogens is 474 g/mol. The van der Waals surface area contributed by atoms with Crippen LogP contribution in [0.2, 0.25) is 0 Å². The normalized spacial score (nSPS) is 15.8. The van der Waals surface area contributed by atoms with Gasteiger partial charge in [-0.1, -0.05) is 12.1 Å². The highest BCUT2D eigenvalue weighted by molar-refractivity contribution is 7.24. The number of anilines is 1. The zero-order valence-electron chi connectivity index (χ0n) is 20.2. The number of rotatable bonds is 5. The van der Waals surface area contributed by atoms with Crippen LogP contribution in [0.3, 0.4) is 0 Å². The van der Waals surface area contributed by atoms with Gasteiger partial charge >= 0.3 is 0 Å². The molecule has 5 aromatic rings. The van der Waals surface area contributed by atoms with E-state index in [4.69, 9.17) is 4.98 Å². The number of hydrogen-bond acceptors (Lipinski definition) is 9. The molecule has 184 valence electrons. The number of nitrogens with zero attached hydrogens (tertiary/aromatic N) is 6. The number of nitrogens with one attached hydrogen (secondary N) is 1. The van der Waals surface area contributed by atoms with Gasteiger partial charge in [0, 0.05) is 45.1 Å². The largest absolute Gasteiger partial charge is 0.374 e. The predicted molar refractivity (Wildman–Crippen MR) is 143 cm³/mol. The molecule has 1 unspecified atom stereocenters. The van der Waals surface area contributed by atoms with Gasteiger partial charge < -0.3 is 14.9 Å². The third kappa shape index (κ3) is 4.01. The first kappa shape index (κ1) is 23.0. The quantitative estimate of drug-likeness (QED) is 0.355. The molecule has 0 radical (unpaired) electrons. The number of thiazole rings is 1. The number of aromatic nitrogens is 4. The van der Waals surface area contributed by atoms with Crippen LogP contribution in [0.4, 0.5) is 5.82 Å². The van der Waals surface area contributed by atoms with Gasteiger partial charge in [-0.05, 0) is 38.2 Å². The summed E-state index contributed by atoms with van der Waals surface area (Å²) < 4.78 is 3.04. The van der Waals surface area contributed by atoms with Crippen molar-refractivity contribution < 1.29 is 5.11 Å². The molecular formula is C26H27N7O2S. The lowest BCUT2D eigenvalue weighted by atomic mass is 10.1. The molecule has 4 aromatic heterocycles. The van der Waals surface area contributed by atoms with Gasteiger partial charge in [-0.2, -0.15) is 0 Å². The van der Waals surface area contributed by atoms with Crippen molar-refractivity contribution >= 4 is 43.2 Å². The fraction of sp³-hybridized carbons (Fsp3) is 0.308. The number of likely N-dealkylation sites (N-methyl/N-ethyl adjacent to an activating group) is 1. The molecule has 1 aliphatic rings. The second kappa shape index (κ2) is 9.21. The van der Waals surface area contributed by atoms with E-state index < -0.39 is 6.23 Å². The lowest BCUT2D eigenvalue weighted by Crippen LogP contribution is -2.44. The third-order valence-corrected chi connectivity index (χ3v) is 7.88. The Kier molecular flexibility index (Phi) is 5.88. The van der Waals surface area contributed by atoms with Crippen molar-refractivity contribution in [1.82, 2.24) is 29.6 Å². The number of hydrogen-bond donors (Lipinski definition) is 2. The highest BCUT2D eigenvalue weighted by Gasteiger charge is 2.24. The summed E-state index contributed by atoms with van der Waals surface area (Å²) in [5.41, 5.74) is 3.18. The summed E-state index contributed by atoms with van der Waals surface area (Å²) in [6, 6.07) is 11.8. The van der Waals surface area contributed by atoms with E-state index in [0.717, 1.165) is 47.9 Å². The predicted octanol–water partition coefficient (Wildman–Crippen LogP) is 2.69. The monoisotopic (exact) mass is 501 g/mol. The summed E-state index contributed by atoms with van der Waals surface area (Å²) in [5.74, 6) is 0.864. The standard InChI is InChI=1S/C26H27N7O2S/c1-16-13-28-17(14-27-16)15-29-25(35)22-23(34)18-7-8-21(32-11-9-31(2)10-12-32)30-24(18)33-19-5-3-4-6-20(19)36-26(22)33/h3-8,13-14,25,29,35H,9-12,15H2,1-2H3. The highest BCUT2D eigenvalue weighted by atomic mass is 32.1. The van der Waals surface area contributed by atoms with E-state index >= 15 is 0 Å². The Morgan fingerprint density at radius 2 is 1.89 bits per heavy atom. The molecule has 1 saturated heterocycles. The van der Waals surface area contributed by atoms with Crippen molar-refractivity contribution in [3.8, 4) is 0 Å². The first-order valence-corrected chi connectivity index (χ1v) is 12.8. The fourth-order valence-electron chi connectivity index (χ4n) is 4.67. The van der Waals surface area contributed by atoms with E-state index in [2.05, 4.69) is 32.1 Å². The van der Waals surface area contributed by atoms with Gasteiger partial charge in [0.25, 0.3) is 0 Å². The molecule has 5 heterocycles. The van der Waals surface area contributed by atoms with Crippen molar-refractivity contribution in [3.63, 3.8) is 0 Å². The van der Waals surface area contributed by atoms with Gasteiger partial charge in [0.15, 0.2) is 11.1 Å². The van der Waals surface area contributed by atoms with Gasteiger partial charge in [0.05, 0.1) is 32.6 Å². The molecule has 1 aliphatic heterocycles. The van der Waals surface area contributed by atoms with Crippen LogP contribution < -0.4 is 15.6 Å². The van der Waals surface area contributed by atoms with Gasteiger partial charge in [0.1, 0.15) is 16.9 Å². The van der Waals surface area contributed by atoms with Crippen molar-refractivity contribution in [2.75, 3.05) is 38.1 Å². The van der Waals surface area contributed by atoms with Gasteiger partial charge in [0.2, 0.25) is 0 Å². The van der Waals surface area contributed by atoms with Crippen LogP contribution in [0.15, 0.2) is 53.6 Å². The van der Waals surface area contributed by atoms with Crippen molar-refractivity contribution in [1.29, 1.82) is 0 Å². The number of pyridine rings is 2. The smallest absolute Gasteiger partial charge is 0.199 e. The lowest BCUT2D eigenvalue weighted by molar-refractivity contribution is 0.137. The van der Waals surface area contributed by atoms with E-state index in [9.17, 15) is 9.90 Å². The molecule has 36 heavy (non-hydrogen) atoms. The van der Waals surface area contributed by atoms with E-state index in [1.165, 1.54) is 11.3 Å². The lowest BCUT2D eigenvalue weighted by Gasteiger charge is -2.33. The van der Waals surface area contributed by atoms with Gasteiger partial charge in [-0.15, -0.1) is 11.3 Å². The number of aliphatic hydroxyl groups excluding tert-OH is 1. The van der Waals surface area contributed by atoms with Crippen molar-refractivity contribution in [3.05, 3.63) is 76.0 Å². The van der Waals surface area contributed by atoms with E-state index in [0.29, 0.717) is 27.1 Å². The molecule has 0 aliphatic carbocycles. The van der Waals surface area contributed by atoms with Crippen LogP contribution in [-0.4, -0.2) is 62.6 Å². The molecule has 10 heteroatoms. The van der Waals surface area contributed by atoms with Gasteiger partial charge in [-0.25, -0.2) is 4.98 Å². The minimum Gasteiger partial charge on any atom is -0.374 e. The summed E-state index contributed by atoms with van der Waals surface area (Å²) in [4.78, 5) is 32.6. The number of para-hydroxylation sites is 1. The Hall–Kier alpha value is -3.44. The Bertz CT molecular complexity index is 1620. The molecule has 9 nitrogen and oxygen atoms in total. The Morgan fingerprint density at radius 3 is 2.67 bits per heavy atom. The maximum Gasteiger partial charge on any atom is 0.199 e. The zero-order valence-corrected chi connectivity index (χ0v) is 21.0. The Labute approximate surface area is 211 Å². The van der Waals surface area contributed by atoms with Crippen molar-refractivity contribution in [2.24, 2.45) is 0 Å². The Morgan fingerprint density at radius 1 is 1.08 bits per heavy atom. The third-order valence-electron chi connectivity index (χ3n) is 6.72. The van der Waals surface area contributed by atoms with Crippen LogP contribution in [0.5, 0.6) is 0 Å². The van der Waals surface area contributed by atoms with Crippen LogP contribution >= 0.6 is 11.3 Å². The summed E-state index contributed by atoms with van der Waals surface area (Å²) in [7, 11) is 2.12. The molecule has 1 fully saturated rings. The first-order chi connectivity index (χ1) is 17.5. The number of piperazine rings is 1. The maximum atomic E-state index is 13.8. The summed E-state index contributed by atoms with van der Waals surface area (Å²) in [6.45, 7) is 5.87. The number of aliphatic hydroxyl groups is 1. The minimum atomic E-state index is -1.18. The number of aryl methyl sites for hydroxylation is 1. The van der Waals surface area contributed by atoms with Crippen LogP contribution in [-0.2, 0) is 6.54 Å². The summed E-state index contributed by atoms with van der Waals surface area (Å²) in [6.07, 6.45) is 2.17. The maximum absolute atomic E-state index is 13.8. The second-order valence-corrected chi connectivity index (χ2v) is 10.2. The van der Waals surface area contributed by atoms with E-state index in [1.54, 1.807) is 12.4 Å². The van der Waals surface area contributed by atoms with E-state index in [1.807, 2.05) is 47.7 Å². The molecule has 0 bridgehead atoms. The average Bonchev–Trinajstić information content (AvgIpc) is 3.28. The van der Waals surface area contributed by atoms with Crippen LogP contribution in [0, 0.1) is 6.92 Å². The molecule has 0 spiro atoms. The molecule has 0 amide bonds. The fourth-order valence-corrected chi connectivity index (χ4v) is 5.88. The zero-order chi connectivity index (χ0) is 24.8. The number of fused-ring (bicyclic) bond motifs is 5. The molecule has 1 aromatic carbocycles. The summed E-state index contributed by atoms with van der Waals surface area (Å²) >= 11 is 1.49. The average molecular weight is 502 g/mol.